The molecule has 1 aliphatic rings. The number of thioether (sulfide) groups is 1. The highest BCUT2D eigenvalue weighted by molar-refractivity contribution is 7.98. The molecule has 27 heavy (non-hydrogen) atoms. The van der Waals surface area contributed by atoms with E-state index in [9.17, 15) is 4.79 Å². The average molecular weight is 385 g/mol. The SMILES string of the molecule is CSCCC(NC(=O)c1n[nH]c2c1CCCCC2)c1nnc2ccccn12. The molecule has 0 saturated heterocycles. The zero-order chi connectivity index (χ0) is 18.6. The van der Waals surface area contributed by atoms with Gasteiger partial charge >= 0.3 is 0 Å². The molecule has 0 aliphatic heterocycles. The molecule has 1 atom stereocenters. The van der Waals surface area contributed by atoms with Crippen LogP contribution >= 0.6 is 11.8 Å². The molecule has 3 heterocycles. The Morgan fingerprint density at radius 3 is 3.07 bits per heavy atom. The van der Waals surface area contributed by atoms with E-state index in [1.165, 1.54) is 6.42 Å². The number of aromatic amines is 1. The summed E-state index contributed by atoms with van der Waals surface area (Å²) in [7, 11) is 0. The second kappa shape index (κ2) is 8.12. The lowest BCUT2D eigenvalue weighted by Gasteiger charge is -2.17. The molecule has 8 heteroatoms. The van der Waals surface area contributed by atoms with Gasteiger partial charge in [0.2, 0.25) is 0 Å². The van der Waals surface area contributed by atoms with Crippen molar-refractivity contribution in [3.8, 4) is 0 Å². The minimum atomic E-state index is -0.208. The van der Waals surface area contributed by atoms with Gasteiger partial charge in [-0.1, -0.05) is 12.5 Å². The summed E-state index contributed by atoms with van der Waals surface area (Å²) in [5.41, 5.74) is 3.52. The smallest absolute Gasteiger partial charge is 0.272 e. The maximum Gasteiger partial charge on any atom is 0.272 e. The van der Waals surface area contributed by atoms with Crippen LogP contribution in [0, 0.1) is 0 Å². The molecule has 0 spiro atoms. The summed E-state index contributed by atoms with van der Waals surface area (Å²) in [5.74, 6) is 1.55. The molecule has 7 nitrogen and oxygen atoms in total. The van der Waals surface area contributed by atoms with Crippen molar-refractivity contribution in [1.29, 1.82) is 0 Å². The number of carbonyl (C=O) groups is 1. The van der Waals surface area contributed by atoms with Crippen LogP contribution in [0.3, 0.4) is 0 Å². The molecule has 0 aromatic carbocycles. The second-order valence-corrected chi connectivity index (χ2v) is 7.87. The molecule has 0 fully saturated rings. The first-order valence-corrected chi connectivity index (χ1v) is 10.8. The summed E-state index contributed by atoms with van der Waals surface area (Å²) in [6.07, 6.45) is 10.1. The van der Waals surface area contributed by atoms with E-state index in [1.54, 1.807) is 11.8 Å². The largest absolute Gasteiger partial charge is 0.341 e. The van der Waals surface area contributed by atoms with E-state index in [1.807, 2.05) is 28.8 Å². The fraction of sp³-hybridized carbons (Fsp3) is 0.474. The van der Waals surface area contributed by atoms with Crippen LogP contribution < -0.4 is 5.32 Å². The number of fused-ring (bicyclic) bond motifs is 2. The third-order valence-electron chi connectivity index (χ3n) is 5.09. The van der Waals surface area contributed by atoms with E-state index in [0.29, 0.717) is 5.69 Å². The molecule has 0 saturated carbocycles. The Labute approximate surface area is 162 Å². The Hall–Kier alpha value is -2.35. The van der Waals surface area contributed by atoms with Crippen LogP contribution in [0.15, 0.2) is 24.4 Å². The number of nitrogens with zero attached hydrogens (tertiary/aromatic N) is 4. The maximum absolute atomic E-state index is 13.0. The van der Waals surface area contributed by atoms with E-state index < -0.39 is 0 Å². The average Bonchev–Trinajstić information content (AvgIpc) is 3.22. The first-order valence-electron chi connectivity index (χ1n) is 9.43. The van der Waals surface area contributed by atoms with Crippen molar-refractivity contribution in [3.05, 3.63) is 47.2 Å². The third kappa shape index (κ3) is 3.71. The van der Waals surface area contributed by atoms with Gasteiger partial charge in [0.15, 0.2) is 17.2 Å². The normalized spacial score (nSPS) is 15.3. The van der Waals surface area contributed by atoms with E-state index >= 15 is 0 Å². The Morgan fingerprint density at radius 1 is 1.30 bits per heavy atom. The maximum atomic E-state index is 13.0. The molecule has 4 rings (SSSR count). The number of aromatic nitrogens is 5. The lowest BCUT2D eigenvalue weighted by Crippen LogP contribution is -2.31. The van der Waals surface area contributed by atoms with Gasteiger partial charge in [-0.3, -0.25) is 14.3 Å². The molecule has 0 bridgehead atoms. The van der Waals surface area contributed by atoms with E-state index in [0.717, 1.165) is 60.6 Å². The number of H-pyrrole nitrogens is 1. The van der Waals surface area contributed by atoms with Crippen molar-refractivity contribution >= 4 is 23.3 Å². The quantitative estimate of drug-likeness (QED) is 0.638. The van der Waals surface area contributed by atoms with Gasteiger partial charge in [0.25, 0.3) is 5.91 Å². The molecule has 2 N–H and O–H groups in total. The van der Waals surface area contributed by atoms with Crippen LogP contribution in [0.4, 0.5) is 0 Å². The minimum absolute atomic E-state index is 0.131. The lowest BCUT2D eigenvalue weighted by atomic mass is 10.1. The van der Waals surface area contributed by atoms with Gasteiger partial charge in [0, 0.05) is 17.5 Å². The van der Waals surface area contributed by atoms with Crippen LogP contribution in [0.25, 0.3) is 5.65 Å². The Balaban J connectivity index is 1.60. The van der Waals surface area contributed by atoms with Crippen molar-refractivity contribution in [2.45, 2.75) is 44.6 Å². The highest BCUT2D eigenvalue weighted by Gasteiger charge is 2.25. The van der Waals surface area contributed by atoms with Crippen molar-refractivity contribution < 1.29 is 4.79 Å². The first kappa shape index (κ1) is 18.0. The van der Waals surface area contributed by atoms with Gasteiger partial charge in [-0.05, 0) is 56.2 Å². The topological polar surface area (TPSA) is 88.0 Å². The zero-order valence-corrected chi connectivity index (χ0v) is 16.3. The number of amides is 1. The second-order valence-electron chi connectivity index (χ2n) is 6.88. The Morgan fingerprint density at radius 2 is 2.19 bits per heavy atom. The summed E-state index contributed by atoms with van der Waals surface area (Å²) < 4.78 is 1.94. The van der Waals surface area contributed by atoms with Gasteiger partial charge in [-0.2, -0.15) is 16.9 Å². The van der Waals surface area contributed by atoms with Crippen molar-refractivity contribution in [2.24, 2.45) is 0 Å². The van der Waals surface area contributed by atoms with Crippen LogP contribution in [0.2, 0.25) is 0 Å². The number of hydrogen-bond acceptors (Lipinski definition) is 5. The summed E-state index contributed by atoms with van der Waals surface area (Å²) in [6.45, 7) is 0. The molecule has 3 aromatic heterocycles. The predicted molar refractivity (Wildman–Crippen MR) is 106 cm³/mol. The Bertz CT molecular complexity index is 933. The van der Waals surface area contributed by atoms with Gasteiger partial charge in [-0.15, -0.1) is 10.2 Å². The molecular weight excluding hydrogens is 360 g/mol. The first-order chi connectivity index (χ1) is 13.3. The fourth-order valence-corrected chi connectivity index (χ4v) is 4.14. The molecule has 1 unspecified atom stereocenters. The standard InChI is InChI=1S/C19H24N6OS/c1-27-12-10-15(18-24-22-16-9-5-6-11-25(16)18)20-19(26)17-13-7-3-2-4-8-14(13)21-23-17/h5-6,9,11,15H,2-4,7-8,10,12H2,1H3,(H,20,26)(H,21,23). The third-order valence-corrected chi connectivity index (χ3v) is 5.73. The highest BCUT2D eigenvalue weighted by atomic mass is 32.2. The minimum Gasteiger partial charge on any atom is -0.341 e. The van der Waals surface area contributed by atoms with Gasteiger partial charge in [0.1, 0.15) is 0 Å². The fourth-order valence-electron chi connectivity index (χ4n) is 3.67. The van der Waals surface area contributed by atoms with Crippen molar-refractivity contribution in [1.82, 2.24) is 30.1 Å². The van der Waals surface area contributed by atoms with Gasteiger partial charge in [0.05, 0.1) is 6.04 Å². The van der Waals surface area contributed by atoms with E-state index in [-0.39, 0.29) is 11.9 Å². The summed E-state index contributed by atoms with van der Waals surface area (Å²) >= 11 is 1.75. The van der Waals surface area contributed by atoms with Crippen LogP contribution in [-0.2, 0) is 12.8 Å². The molecular formula is C19H24N6OS. The van der Waals surface area contributed by atoms with Crippen molar-refractivity contribution in [2.75, 3.05) is 12.0 Å². The van der Waals surface area contributed by atoms with Crippen LogP contribution in [0.1, 0.15) is 59.3 Å². The summed E-state index contributed by atoms with van der Waals surface area (Å²) in [6, 6.07) is 5.58. The summed E-state index contributed by atoms with van der Waals surface area (Å²) in [4.78, 5) is 13.0. The molecule has 142 valence electrons. The highest BCUT2D eigenvalue weighted by Crippen LogP contribution is 2.23. The van der Waals surface area contributed by atoms with Crippen molar-refractivity contribution in [3.63, 3.8) is 0 Å². The predicted octanol–water partition coefficient (Wildman–Crippen LogP) is 2.95. The number of pyridine rings is 1. The zero-order valence-electron chi connectivity index (χ0n) is 15.4. The van der Waals surface area contributed by atoms with Crippen LogP contribution in [0.5, 0.6) is 0 Å². The molecule has 3 aromatic rings. The molecule has 1 amide bonds. The summed E-state index contributed by atoms with van der Waals surface area (Å²) in [5, 5.41) is 19.2. The van der Waals surface area contributed by atoms with Gasteiger partial charge < -0.3 is 5.32 Å². The number of carbonyl (C=O) groups excluding carboxylic acids is 1. The Kier molecular flexibility index (Phi) is 5.42. The monoisotopic (exact) mass is 384 g/mol. The van der Waals surface area contributed by atoms with E-state index in [2.05, 4.69) is 32.0 Å². The molecule has 1 aliphatic carbocycles. The van der Waals surface area contributed by atoms with Gasteiger partial charge in [-0.25, -0.2) is 0 Å². The lowest BCUT2D eigenvalue weighted by molar-refractivity contribution is 0.0927. The number of aryl methyl sites for hydroxylation is 1. The number of nitrogens with one attached hydrogen (secondary N) is 2. The number of hydrogen-bond donors (Lipinski definition) is 2. The van der Waals surface area contributed by atoms with Crippen LogP contribution in [-0.4, -0.2) is 42.7 Å². The molecule has 0 radical (unpaired) electrons. The number of rotatable bonds is 6. The van der Waals surface area contributed by atoms with E-state index in [4.69, 9.17) is 0 Å².